The van der Waals surface area contributed by atoms with Crippen molar-refractivity contribution in [1.29, 1.82) is 0 Å². The molecule has 114 valence electrons. The maximum absolute atomic E-state index is 10.4. The maximum atomic E-state index is 10.4. The largest absolute Gasteiger partial charge is 0.494 e. The zero-order valence-corrected chi connectivity index (χ0v) is 12.0. The van der Waals surface area contributed by atoms with Crippen LogP contribution in [-0.4, -0.2) is 17.6 Å². The summed E-state index contributed by atoms with van der Waals surface area (Å²) in [7, 11) is 0. The summed E-state index contributed by atoms with van der Waals surface area (Å²) in [5.41, 5.74) is 0.914. The Labute approximate surface area is 127 Å². The summed E-state index contributed by atoms with van der Waals surface area (Å²) < 4.78 is 21.4. The molecular weight excluding hydrogens is 268 g/mol. The molecule has 0 aliphatic carbocycles. The monoisotopic (exact) mass is 294 g/mol. The SMILES string of the molecule is [3H]C([3H])(CCCCCCCC(=O)O)Oc1cccc(C2N=N2)c1. The average Bonchev–Trinajstić information content (AvgIpc) is 3.30. The number of ether oxygens (including phenoxy) is 1. The van der Waals surface area contributed by atoms with E-state index in [2.05, 4.69) is 10.2 Å². The van der Waals surface area contributed by atoms with Gasteiger partial charge in [-0.3, -0.25) is 4.79 Å². The number of rotatable bonds is 11. The first-order valence-electron chi connectivity index (χ1n) is 8.37. The van der Waals surface area contributed by atoms with Crippen LogP contribution in [0.2, 0.25) is 0 Å². The molecule has 0 atom stereocenters. The van der Waals surface area contributed by atoms with Crippen molar-refractivity contribution in [2.75, 3.05) is 6.56 Å². The first-order chi connectivity index (χ1) is 11.0. The summed E-state index contributed by atoms with van der Waals surface area (Å²) >= 11 is 0. The number of nitrogens with zero attached hydrogens (tertiary/aromatic N) is 2. The molecule has 1 aliphatic heterocycles. The fourth-order valence-electron chi connectivity index (χ4n) is 2.04. The molecule has 21 heavy (non-hydrogen) atoms. The third kappa shape index (κ3) is 6.38. The number of benzene rings is 1. The van der Waals surface area contributed by atoms with Crippen molar-refractivity contribution in [3.8, 4) is 5.75 Å². The lowest BCUT2D eigenvalue weighted by Crippen LogP contribution is -1.98. The van der Waals surface area contributed by atoms with Gasteiger partial charge in [-0.1, -0.05) is 37.8 Å². The standard InChI is InChI=1S/C16H22N2O3/c19-15(20)10-5-3-1-2-4-6-11-21-14-9-7-8-13(12-14)16-17-18-16/h7-9,12,16H,1-6,10-11H2,(H,19,20)/i11T2. The van der Waals surface area contributed by atoms with Crippen molar-refractivity contribution < 1.29 is 17.4 Å². The Bertz CT molecular complexity index is 558. The van der Waals surface area contributed by atoms with E-state index >= 15 is 0 Å². The Morgan fingerprint density at radius 2 is 1.90 bits per heavy atom. The van der Waals surface area contributed by atoms with Crippen molar-refractivity contribution in [3.63, 3.8) is 0 Å². The topological polar surface area (TPSA) is 71.2 Å². The fraction of sp³-hybridized carbons (Fsp3) is 0.562. The minimum atomic E-state index is -1.71. The molecule has 5 nitrogen and oxygen atoms in total. The molecule has 1 aromatic carbocycles. The highest BCUT2D eigenvalue weighted by Gasteiger charge is 2.18. The number of carboxylic acid groups (broad SMARTS) is 1. The molecule has 1 N–H and O–H groups in total. The van der Waals surface area contributed by atoms with Crippen LogP contribution in [0, 0.1) is 0 Å². The van der Waals surface area contributed by atoms with E-state index in [9.17, 15) is 4.79 Å². The highest BCUT2D eigenvalue weighted by atomic mass is 16.5. The van der Waals surface area contributed by atoms with Gasteiger partial charge in [0.15, 0.2) is 0 Å². The molecular formula is C16H22N2O3. The van der Waals surface area contributed by atoms with Gasteiger partial charge in [-0.25, -0.2) is 0 Å². The highest BCUT2D eigenvalue weighted by molar-refractivity contribution is 5.66. The van der Waals surface area contributed by atoms with E-state index in [1.807, 2.05) is 12.1 Å². The van der Waals surface area contributed by atoms with Gasteiger partial charge in [0.05, 0.1) is 9.30 Å². The molecule has 2 rings (SSSR count). The Kier molecular flexibility index (Phi) is 5.12. The van der Waals surface area contributed by atoms with Gasteiger partial charge in [0.2, 0.25) is 6.17 Å². The van der Waals surface area contributed by atoms with E-state index in [1.54, 1.807) is 12.1 Å². The molecule has 0 fully saturated rings. The number of hydrogen-bond acceptors (Lipinski definition) is 4. The van der Waals surface area contributed by atoms with Crippen LogP contribution >= 0.6 is 0 Å². The molecule has 5 heteroatoms. The summed E-state index contributed by atoms with van der Waals surface area (Å²) in [6.45, 7) is -1.71. The number of carbonyl (C=O) groups is 1. The Balaban J connectivity index is 1.65. The van der Waals surface area contributed by atoms with Gasteiger partial charge in [-0.2, -0.15) is 10.2 Å². The third-order valence-electron chi connectivity index (χ3n) is 3.25. The van der Waals surface area contributed by atoms with Gasteiger partial charge >= 0.3 is 5.97 Å². The van der Waals surface area contributed by atoms with Crippen LogP contribution in [0.25, 0.3) is 0 Å². The zero-order valence-electron chi connectivity index (χ0n) is 14.0. The molecule has 1 aliphatic rings. The van der Waals surface area contributed by atoms with Gasteiger partial charge < -0.3 is 9.84 Å². The molecule has 1 heterocycles. The second-order valence-electron chi connectivity index (χ2n) is 5.09. The molecule has 0 amide bonds. The number of unbranched alkanes of at least 4 members (excludes halogenated alkanes) is 4. The van der Waals surface area contributed by atoms with Gasteiger partial charge in [-0.15, -0.1) is 0 Å². The number of hydrogen-bond donors (Lipinski definition) is 1. The average molecular weight is 294 g/mol. The normalized spacial score (nSPS) is 15.4. The molecule has 0 aromatic heterocycles. The molecule has 1 aromatic rings. The lowest BCUT2D eigenvalue weighted by Gasteiger charge is -2.07. The number of aliphatic carboxylic acids is 1. The summed E-state index contributed by atoms with van der Waals surface area (Å²) in [6.07, 6.45) is 4.47. The number of carboxylic acids is 1. The highest BCUT2D eigenvalue weighted by Crippen LogP contribution is 2.32. The second kappa shape index (κ2) is 8.39. The fourth-order valence-corrected chi connectivity index (χ4v) is 2.04. The predicted octanol–water partition coefficient (Wildman–Crippen LogP) is 4.35. The van der Waals surface area contributed by atoms with Gasteiger partial charge in [0.1, 0.15) is 5.75 Å². The van der Waals surface area contributed by atoms with Crippen molar-refractivity contribution >= 4 is 5.97 Å². The van der Waals surface area contributed by atoms with E-state index in [4.69, 9.17) is 12.6 Å². The summed E-state index contributed by atoms with van der Waals surface area (Å²) in [5.74, 6) is -0.269. The first-order valence-corrected chi connectivity index (χ1v) is 7.37. The molecule has 0 unspecified atom stereocenters. The van der Waals surface area contributed by atoms with Crippen LogP contribution in [0.5, 0.6) is 5.75 Å². The van der Waals surface area contributed by atoms with Crippen LogP contribution in [0.3, 0.4) is 0 Å². The van der Waals surface area contributed by atoms with Crippen molar-refractivity contribution in [2.45, 2.75) is 51.1 Å². The van der Waals surface area contributed by atoms with Crippen LogP contribution in [-0.2, 0) is 4.79 Å². The third-order valence-corrected chi connectivity index (χ3v) is 3.25. The van der Waals surface area contributed by atoms with Gasteiger partial charge in [-0.05, 0) is 25.0 Å². The van der Waals surface area contributed by atoms with E-state index in [0.717, 1.165) is 24.8 Å². The smallest absolute Gasteiger partial charge is 0.303 e. The van der Waals surface area contributed by atoms with E-state index in [-0.39, 0.29) is 12.6 Å². The molecule has 0 radical (unpaired) electrons. The molecule has 0 saturated carbocycles. The van der Waals surface area contributed by atoms with Crippen LogP contribution in [0.4, 0.5) is 0 Å². The van der Waals surface area contributed by atoms with Crippen LogP contribution in [0.15, 0.2) is 34.5 Å². The van der Waals surface area contributed by atoms with Gasteiger partial charge in [0.25, 0.3) is 0 Å². The van der Waals surface area contributed by atoms with Crippen LogP contribution in [0.1, 0.15) is 59.4 Å². The predicted molar refractivity (Wildman–Crippen MR) is 79.5 cm³/mol. The summed E-state index contributed by atoms with van der Waals surface area (Å²) in [5, 5.41) is 16.2. The second-order valence-corrected chi connectivity index (χ2v) is 5.09. The van der Waals surface area contributed by atoms with E-state index in [0.29, 0.717) is 25.0 Å². The molecule has 0 spiro atoms. The van der Waals surface area contributed by atoms with E-state index in [1.165, 1.54) is 0 Å². The Morgan fingerprint density at radius 3 is 2.62 bits per heavy atom. The minimum Gasteiger partial charge on any atom is -0.494 e. The maximum Gasteiger partial charge on any atom is 0.303 e. The lowest BCUT2D eigenvalue weighted by atomic mass is 10.1. The molecule has 0 saturated heterocycles. The van der Waals surface area contributed by atoms with E-state index < -0.39 is 12.5 Å². The van der Waals surface area contributed by atoms with Crippen molar-refractivity contribution in [2.24, 2.45) is 10.2 Å². The molecule has 0 bridgehead atoms. The zero-order chi connectivity index (χ0) is 16.7. The Morgan fingerprint density at radius 1 is 1.19 bits per heavy atom. The summed E-state index contributed by atoms with van der Waals surface area (Å²) in [4.78, 5) is 10.4. The van der Waals surface area contributed by atoms with Gasteiger partial charge in [0, 0.05) is 12.0 Å². The van der Waals surface area contributed by atoms with Crippen molar-refractivity contribution in [1.82, 2.24) is 0 Å². The lowest BCUT2D eigenvalue weighted by molar-refractivity contribution is -0.137. The minimum absolute atomic E-state index is 0.116. The van der Waals surface area contributed by atoms with Crippen molar-refractivity contribution in [3.05, 3.63) is 29.8 Å². The van der Waals surface area contributed by atoms with Crippen LogP contribution < -0.4 is 4.74 Å². The summed E-state index contributed by atoms with van der Waals surface area (Å²) in [6, 6.07) is 7.21. The first kappa shape index (κ1) is 12.8. The quantitative estimate of drug-likeness (QED) is 0.617. The Hall–Kier alpha value is -1.91.